The lowest BCUT2D eigenvalue weighted by Gasteiger charge is -2.08. The van der Waals surface area contributed by atoms with E-state index in [0.29, 0.717) is 17.1 Å². The molecular formula is C14H13ClFN. The van der Waals surface area contributed by atoms with Gasteiger partial charge in [-0.1, -0.05) is 35.9 Å². The zero-order valence-corrected chi connectivity index (χ0v) is 10.3. The van der Waals surface area contributed by atoms with E-state index in [1.807, 2.05) is 30.3 Å². The molecule has 0 radical (unpaired) electrons. The first-order valence-electron chi connectivity index (χ1n) is 5.40. The van der Waals surface area contributed by atoms with Crippen LogP contribution in [0.3, 0.4) is 0 Å². The Morgan fingerprint density at radius 2 is 1.94 bits per heavy atom. The second-order valence-electron chi connectivity index (χ2n) is 3.91. The lowest BCUT2D eigenvalue weighted by atomic mass is 10.2. The highest BCUT2D eigenvalue weighted by Crippen LogP contribution is 2.18. The molecule has 2 rings (SSSR count). The molecule has 0 heterocycles. The van der Waals surface area contributed by atoms with Crippen molar-refractivity contribution in [1.82, 2.24) is 0 Å². The molecule has 0 unspecified atom stereocenters. The molecule has 17 heavy (non-hydrogen) atoms. The zero-order chi connectivity index (χ0) is 12.3. The molecule has 0 aliphatic heterocycles. The fourth-order valence-corrected chi connectivity index (χ4v) is 1.74. The number of hydrogen-bond acceptors (Lipinski definition) is 1. The quantitative estimate of drug-likeness (QED) is 0.850. The third-order valence-corrected chi connectivity index (χ3v) is 2.98. The Morgan fingerprint density at radius 3 is 2.65 bits per heavy atom. The molecule has 0 amide bonds. The van der Waals surface area contributed by atoms with Gasteiger partial charge in [-0.2, -0.15) is 0 Å². The van der Waals surface area contributed by atoms with Crippen LogP contribution in [-0.4, -0.2) is 0 Å². The van der Waals surface area contributed by atoms with E-state index in [2.05, 4.69) is 5.32 Å². The molecule has 0 aromatic heterocycles. The summed E-state index contributed by atoms with van der Waals surface area (Å²) in [6, 6.07) is 12.7. The van der Waals surface area contributed by atoms with E-state index >= 15 is 0 Å². The van der Waals surface area contributed by atoms with E-state index < -0.39 is 0 Å². The van der Waals surface area contributed by atoms with E-state index in [1.54, 1.807) is 13.0 Å². The largest absolute Gasteiger partial charge is 0.381 e. The maximum absolute atomic E-state index is 13.3. The predicted molar refractivity (Wildman–Crippen MR) is 69.9 cm³/mol. The van der Waals surface area contributed by atoms with Crippen LogP contribution in [0.5, 0.6) is 0 Å². The lowest BCUT2D eigenvalue weighted by molar-refractivity contribution is 0.619. The Labute approximate surface area is 105 Å². The van der Waals surface area contributed by atoms with Crippen molar-refractivity contribution in [3.05, 3.63) is 64.4 Å². The number of nitrogens with one attached hydrogen (secondary N) is 1. The van der Waals surface area contributed by atoms with Crippen molar-refractivity contribution in [2.24, 2.45) is 0 Å². The summed E-state index contributed by atoms with van der Waals surface area (Å²) < 4.78 is 13.3. The van der Waals surface area contributed by atoms with Gasteiger partial charge in [0.2, 0.25) is 0 Å². The molecule has 1 N–H and O–H groups in total. The van der Waals surface area contributed by atoms with Crippen LogP contribution < -0.4 is 5.32 Å². The van der Waals surface area contributed by atoms with Gasteiger partial charge < -0.3 is 5.32 Å². The van der Waals surface area contributed by atoms with Gasteiger partial charge in [0.25, 0.3) is 0 Å². The van der Waals surface area contributed by atoms with E-state index in [1.165, 1.54) is 6.07 Å². The average molecular weight is 250 g/mol. The second kappa shape index (κ2) is 5.19. The highest BCUT2D eigenvalue weighted by atomic mass is 35.5. The maximum atomic E-state index is 13.3. The SMILES string of the molecule is Cc1ccc(NCc2ccccc2Cl)cc1F. The Kier molecular flexibility index (Phi) is 3.64. The third kappa shape index (κ3) is 2.98. The first kappa shape index (κ1) is 11.9. The van der Waals surface area contributed by atoms with Crippen LogP contribution >= 0.6 is 11.6 Å². The number of anilines is 1. The first-order chi connectivity index (χ1) is 8.16. The summed E-state index contributed by atoms with van der Waals surface area (Å²) in [6.07, 6.45) is 0. The number of aryl methyl sites for hydroxylation is 1. The fourth-order valence-electron chi connectivity index (χ4n) is 1.54. The predicted octanol–water partition coefficient (Wildman–Crippen LogP) is 4.40. The molecule has 0 aliphatic rings. The average Bonchev–Trinajstić information content (AvgIpc) is 2.32. The Balaban J connectivity index is 2.08. The molecule has 0 spiro atoms. The van der Waals surface area contributed by atoms with E-state index in [0.717, 1.165) is 11.3 Å². The Morgan fingerprint density at radius 1 is 1.18 bits per heavy atom. The Bertz CT molecular complexity index is 525. The molecular weight excluding hydrogens is 237 g/mol. The van der Waals surface area contributed by atoms with Gasteiger partial charge in [-0.15, -0.1) is 0 Å². The van der Waals surface area contributed by atoms with Gasteiger partial charge in [0, 0.05) is 17.3 Å². The van der Waals surface area contributed by atoms with Gasteiger partial charge in [-0.25, -0.2) is 4.39 Å². The van der Waals surface area contributed by atoms with Gasteiger partial charge in [0.15, 0.2) is 0 Å². The number of benzene rings is 2. The Hall–Kier alpha value is -1.54. The molecule has 3 heteroatoms. The standard InChI is InChI=1S/C14H13ClFN/c1-10-6-7-12(8-14(10)16)17-9-11-4-2-3-5-13(11)15/h2-8,17H,9H2,1H3. The number of hydrogen-bond donors (Lipinski definition) is 1. The monoisotopic (exact) mass is 249 g/mol. The lowest BCUT2D eigenvalue weighted by Crippen LogP contribution is -2.00. The fraction of sp³-hybridized carbons (Fsp3) is 0.143. The highest BCUT2D eigenvalue weighted by Gasteiger charge is 2.01. The first-order valence-corrected chi connectivity index (χ1v) is 5.78. The molecule has 0 saturated carbocycles. The van der Waals surface area contributed by atoms with Crippen LogP contribution in [0.25, 0.3) is 0 Å². The normalized spacial score (nSPS) is 10.3. The summed E-state index contributed by atoms with van der Waals surface area (Å²) in [5.41, 5.74) is 2.40. The van der Waals surface area contributed by atoms with Gasteiger partial charge in [-0.05, 0) is 36.2 Å². The summed E-state index contributed by atoms with van der Waals surface area (Å²) in [7, 11) is 0. The molecule has 2 aromatic rings. The van der Waals surface area contributed by atoms with Crippen molar-refractivity contribution >= 4 is 17.3 Å². The van der Waals surface area contributed by atoms with E-state index in [9.17, 15) is 4.39 Å². The van der Waals surface area contributed by atoms with Crippen molar-refractivity contribution in [2.75, 3.05) is 5.32 Å². The number of rotatable bonds is 3. The summed E-state index contributed by atoms with van der Waals surface area (Å²) in [5, 5.41) is 3.86. The van der Waals surface area contributed by atoms with Crippen LogP contribution in [0.2, 0.25) is 5.02 Å². The molecule has 0 saturated heterocycles. The van der Waals surface area contributed by atoms with Gasteiger partial charge in [0.1, 0.15) is 5.82 Å². The van der Waals surface area contributed by atoms with Crippen molar-refractivity contribution in [3.63, 3.8) is 0 Å². The molecule has 0 bridgehead atoms. The van der Waals surface area contributed by atoms with Gasteiger partial charge in [-0.3, -0.25) is 0 Å². The second-order valence-corrected chi connectivity index (χ2v) is 4.32. The summed E-state index contributed by atoms with van der Waals surface area (Å²) in [6.45, 7) is 2.33. The smallest absolute Gasteiger partial charge is 0.128 e. The van der Waals surface area contributed by atoms with Crippen molar-refractivity contribution in [2.45, 2.75) is 13.5 Å². The molecule has 0 aliphatic carbocycles. The van der Waals surface area contributed by atoms with E-state index in [4.69, 9.17) is 11.6 Å². The molecule has 0 fully saturated rings. The molecule has 2 aromatic carbocycles. The van der Waals surface area contributed by atoms with Crippen molar-refractivity contribution in [1.29, 1.82) is 0 Å². The molecule has 88 valence electrons. The maximum Gasteiger partial charge on any atom is 0.128 e. The molecule has 1 nitrogen and oxygen atoms in total. The minimum Gasteiger partial charge on any atom is -0.381 e. The topological polar surface area (TPSA) is 12.0 Å². The minimum atomic E-state index is -0.200. The summed E-state index contributed by atoms with van der Waals surface area (Å²) >= 11 is 6.03. The highest BCUT2D eigenvalue weighted by molar-refractivity contribution is 6.31. The van der Waals surface area contributed by atoms with Crippen molar-refractivity contribution in [3.8, 4) is 0 Å². The van der Waals surface area contributed by atoms with Crippen LogP contribution in [-0.2, 0) is 6.54 Å². The van der Waals surface area contributed by atoms with Gasteiger partial charge >= 0.3 is 0 Å². The van der Waals surface area contributed by atoms with Gasteiger partial charge in [0.05, 0.1) is 0 Å². The van der Waals surface area contributed by atoms with Crippen molar-refractivity contribution < 1.29 is 4.39 Å². The van der Waals surface area contributed by atoms with Crippen LogP contribution in [0.4, 0.5) is 10.1 Å². The van der Waals surface area contributed by atoms with Crippen LogP contribution in [0.15, 0.2) is 42.5 Å². The summed E-state index contributed by atoms with van der Waals surface area (Å²) in [4.78, 5) is 0. The molecule has 0 atom stereocenters. The number of halogens is 2. The van der Waals surface area contributed by atoms with Crippen LogP contribution in [0, 0.1) is 12.7 Å². The minimum absolute atomic E-state index is 0.200. The summed E-state index contributed by atoms with van der Waals surface area (Å²) in [5.74, 6) is -0.200. The van der Waals surface area contributed by atoms with Crippen LogP contribution in [0.1, 0.15) is 11.1 Å². The zero-order valence-electron chi connectivity index (χ0n) is 9.50. The van der Waals surface area contributed by atoms with E-state index in [-0.39, 0.29) is 5.82 Å². The third-order valence-electron chi connectivity index (χ3n) is 2.61.